The fourth-order valence-corrected chi connectivity index (χ4v) is 4.39. The lowest BCUT2D eigenvalue weighted by Gasteiger charge is -2.35. The summed E-state index contributed by atoms with van der Waals surface area (Å²) in [6.45, 7) is 10.5. The molecule has 0 unspecified atom stereocenters. The molecule has 1 amide bonds. The van der Waals surface area contributed by atoms with Crippen molar-refractivity contribution in [1.82, 2.24) is 14.4 Å². The van der Waals surface area contributed by atoms with E-state index in [2.05, 4.69) is 58.2 Å². The van der Waals surface area contributed by atoms with Crippen LogP contribution < -0.4 is 0 Å². The first-order valence-corrected chi connectivity index (χ1v) is 12.3. The molecule has 1 aliphatic rings. The third kappa shape index (κ3) is 6.52. The van der Waals surface area contributed by atoms with Crippen LogP contribution in [0, 0.1) is 11.3 Å². The second kappa shape index (κ2) is 10.8. The zero-order valence-electron chi connectivity index (χ0n) is 20.9. The van der Waals surface area contributed by atoms with Gasteiger partial charge in [-0.15, -0.1) is 0 Å². The number of amides is 1. The number of aromatic nitrogens is 1. The number of piperazine rings is 1. The van der Waals surface area contributed by atoms with Crippen LogP contribution in [0.2, 0.25) is 0 Å². The Kier molecular flexibility index (Phi) is 7.57. The molecule has 4 rings (SSSR count). The molecule has 3 aromatic rings. The van der Waals surface area contributed by atoms with Crippen LogP contribution in [0.4, 0.5) is 4.79 Å². The first kappa shape index (κ1) is 24.6. The van der Waals surface area contributed by atoms with E-state index in [-0.39, 0.29) is 6.09 Å². The molecule has 2 aromatic carbocycles. The summed E-state index contributed by atoms with van der Waals surface area (Å²) in [5.41, 5.74) is 3.72. The monoisotopic (exact) mass is 470 g/mol. The summed E-state index contributed by atoms with van der Waals surface area (Å²) < 4.78 is 7.74. The topological polar surface area (TPSA) is 61.5 Å². The van der Waals surface area contributed by atoms with Crippen LogP contribution in [0.1, 0.15) is 43.9 Å². The van der Waals surface area contributed by atoms with Crippen LogP contribution >= 0.6 is 0 Å². The zero-order chi connectivity index (χ0) is 24.8. The van der Waals surface area contributed by atoms with Gasteiger partial charge >= 0.3 is 6.09 Å². The normalized spacial score (nSPS) is 15.0. The highest BCUT2D eigenvalue weighted by molar-refractivity contribution is 5.90. The molecule has 6 heteroatoms. The second-order valence-corrected chi connectivity index (χ2v) is 10.0. The van der Waals surface area contributed by atoms with Gasteiger partial charge in [0.25, 0.3) is 0 Å². The number of rotatable bonds is 6. The number of fused-ring (bicyclic) bond motifs is 1. The molecule has 0 bridgehead atoms. The van der Waals surface area contributed by atoms with Crippen molar-refractivity contribution in [3.8, 4) is 6.07 Å². The van der Waals surface area contributed by atoms with E-state index >= 15 is 0 Å². The summed E-state index contributed by atoms with van der Waals surface area (Å²) in [4.78, 5) is 16.4. The third-order valence-electron chi connectivity index (χ3n) is 6.17. The van der Waals surface area contributed by atoms with E-state index in [4.69, 9.17) is 4.74 Å². The zero-order valence-corrected chi connectivity index (χ0v) is 20.9. The first-order valence-electron chi connectivity index (χ1n) is 12.3. The van der Waals surface area contributed by atoms with Crippen LogP contribution in [0.3, 0.4) is 0 Å². The fraction of sp³-hybridized carbons (Fsp3) is 0.379. The molecule has 2 heterocycles. The largest absolute Gasteiger partial charge is 0.444 e. The standard InChI is InChI=1S/C29H34N4O2/c1-29(2,3)35-28(34)32-17-15-31(16-18-32)14-8-7-11-25-22-33(21-23-9-5-4-6-10-23)27-13-12-24(20-30)19-26(25)27/h4-7,9-13,19,22H,8,14-18,21H2,1-3H3/b11-7+. The van der Waals surface area contributed by atoms with E-state index < -0.39 is 5.60 Å². The highest BCUT2D eigenvalue weighted by Crippen LogP contribution is 2.25. The highest BCUT2D eigenvalue weighted by atomic mass is 16.6. The number of nitrogens with zero attached hydrogens (tertiary/aromatic N) is 4. The summed E-state index contributed by atoms with van der Waals surface area (Å²) in [5.74, 6) is 0. The number of carbonyl (C=O) groups excluding carboxylic acids is 1. The van der Waals surface area contributed by atoms with Crippen LogP contribution in [-0.2, 0) is 11.3 Å². The molecule has 35 heavy (non-hydrogen) atoms. The lowest BCUT2D eigenvalue weighted by Crippen LogP contribution is -2.50. The number of carbonyl (C=O) groups is 1. The van der Waals surface area contributed by atoms with Gasteiger partial charge in [-0.3, -0.25) is 4.90 Å². The molecule has 0 spiro atoms. The molecule has 0 aliphatic carbocycles. The average Bonchev–Trinajstić information content (AvgIpc) is 3.18. The molecule has 0 atom stereocenters. The Bertz CT molecular complexity index is 1220. The molecule has 0 radical (unpaired) electrons. The smallest absolute Gasteiger partial charge is 0.410 e. The maximum Gasteiger partial charge on any atom is 0.410 e. The van der Waals surface area contributed by atoms with Gasteiger partial charge in [-0.1, -0.05) is 42.5 Å². The van der Waals surface area contributed by atoms with Gasteiger partial charge in [-0.25, -0.2) is 4.79 Å². The Morgan fingerprint density at radius 3 is 2.51 bits per heavy atom. The number of hydrogen-bond donors (Lipinski definition) is 0. The van der Waals surface area contributed by atoms with Gasteiger partial charge in [0.15, 0.2) is 0 Å². The van der Waals surface area contributed by atoms with Crippen molar-refractivity contribution in [2.45, 2.75) is 39.3 Å². The minimum Gasteiger partial charge on any atom is -0.444 e. The average molecular weight is 471 g/mol. The first-order chi connectivity index (χ1) is 16.8. The van der Waals surface area contributed by atoms with Gasteiger partial charge in [0.1, 0.15) is 5.60 Å². The Hall–Kier alpha value is -3.56. The fourth-order valence-electron chi connectivity index (χ4n) is 4.39. The number of benzene rings is 2. The molecule has 182 valence electrons. The summed E-state index contributed by atoms with van der Waals surface area (Å²) >= 11 is 0. The van der Waals surface area contributed by atoms with Crippen LogP contribution in [0.5, 0.6) is 0 Å². The van der Waals surface area contributed by atoms with E-state index in [1.165, 1.54) is 5.56 Å². The van der Waals surface area contributed by atoms with Crippen molar-refractivity contribution in [3.05, 3.63) is 77.5 Å². The van der Waals surface area contributed by atoms with E-state index in [1.807, 2.05) is 45.0 Å². The molecule has 0 N–H and O–H groups in total. The van der Waals surface area contributed by atoms with E-state index in [9.17, 15) is 10.1 Å². The van der Waals surface area contributed by atoms with Crippen molar-refractivity contribution in [2.24, 2.45) is 0 Å². The third-order valence-corrected chi connectivity index (χ3v) is 6.17. The van der Waals surface area contributed by atoms with Gasteiger partial charge in [0, 0.05) is 56.4 Å². The second-order valence-electron chi connectivity index (χ2n) is 10.0. The predicted molar refractivity (Wildman–Crippen MR) is 140 cm³/mol. The minimum atomic E-state index is -0.461. The van der Waals surface area contributed by atoms with Gasteiger partial charge < -0.3 is 14.2 Å². The maximum atomic E-state index is 12.3. The molecule has 1 saturated heterocycles. The van der Waals surface area contributed by atoms with Crippen molar-refractivity contribution in [2.75, 3.05) is 32.7 Å². The van der Waals surface area contributed by atoms with Crippen molar-refractivity contribution in [1.29, 1.82) is 5.26 Å². The van der Waals surface area contributed by atoms with Crippen molar-refractivity contribution in [3.63, 3.8) is 0 Å². The van der Waals surface area contributed by atoms with Gasteiger partial charge in [0.05, 0.1) is 11.6 Å². The summed E-state index contributed by atoms with van der Waals surface area (Å²) in [7, 11) is 0. The van der Waals surface area contributed by atoms with Gasteiger partial charge in [-0.05, 0) is 56.5 Å². The minimum absolute atomic E-state index is 0.222. The highest BCUT2D eigenvalue weighted by Gasteiger charge is 2.25. The lowest BCUT2D eigenvalue weighted by molar-refractivity contribution is 0.0146. The number of hydrogen-bond acceptors (Lipinski definition) is 4. The molecule has 1 aliphatic heterocycles. The quantitative estimate of drug-likeness (QED) is 0.476. The Labute approximate surface area is 208 Å². The van der Waals surface area contributed by atoms with Crippen LogP contribution in [0.25, 0.3) is 17.0 Å². The summed E-state index contributed by atoms with van der Waals surface area (Å²) in [6.07, 6.45) is 7.26. The SMILES string of the molecule is CC(C)(C)OC(=O)N1CCN(CC/C=C/c2cn(Cc3ccccc3)c3ccc(C#N)cc23)CC1. The molecule has 1 fully saturated rings. The van der Waals surface area contributed by atoms with E-state index in [1.54, 1.807) is 4.90 Å². The molecule has 6 nitrogen and oxygen atoms in total. The maximum absolute atomic E-state index is 12.3. The molecular formula is C29H34N4O2. The van der Waals surface area contributed by atoms with Crippen molar-refractivity contribution < 1.29 is 9.53 Å². The number of nitriles is 1. The predicted octanol–water partition coefficient (Wildman–Crippen LogP) is 5.52. The molecule has 1 aromatic heterocycles. The van der Waals surface area contributed by atoms with E-state index in [0.29, 0.717) is 18.7 Å². The van der Waals surface area contributed by atoms with Crippen LogP contribution in [0.15, 0.2) is 60.8 Å². The summed E-state index contributed by atoms with van der Waals surface area (Å²) in [5, 5.41) is 10.5. The molecule has 0 saturated carbocycles. The Morgan fingerprint density at radius 1 is 1.09 bits per heavy atom. The summed E-state index contributed by atoms with van der Waals surface area (Å²) in [6, 6.07) is 18.6. The Morgan fingerprint density at radius 2 is 1.83 bits per heavy atom. The lowest BCUT2D eigenvalue weighted by atomic mass is 10.1. The Balaban J connectivity index is 1.37. The van der Waals surface area contributed by atoms with Crippen LogP contribution in [-0.4, -0.2) is 58.8 Å². The van der Waals surface area contributed by atoms with E-state index in [0.717, 1.165) is 49.1 Å². The number of ether oxygens (including phenoxy) is 1. The molecular weight excluding hydrogens is 436 g/mol. The van der Waals surface area contributed by atoms with Gasteiger partial charge in [-0.2, -0.15) is 5.26 Å². The van der Waals surface area contributed by atoms with Crippen molar-refractivity contribution >= 4 is 23.1 Å². The van der Waals surface area contributed by atoms with Gasteiger partial charge in [0.2, 0.25) is 0 Å².